The van der Waals surface area contributed by atoms with Crippen LogP contribution in [0.2, 0.25) is 0 Å². The number of ether oxygens (including phenoxy) is 2. The highest BCUT2D eigenvalue weighted by Crippen LogP contribution is 2.54. The maximum absolute atomic E-state index is 14.5. The molecular weight excluding hydrogens is 700 g/mol. The van der Waals surface area contributed by atoms with Gasteiger partial charge in [0.1, 0.15) is 11.6 Å². The fourth-order valence-electron chi connectivity index (χ4n) is 8.48. The number of rotatable bonds is 14. The standard InChI is InChI=1S/C42H60N6O7/c1-28(54-24-30-15-11-8-12-16-30)35(37(51)43-18-17-34(49)55-40(2,3)4)45-36(50)33-23-46(25-42(33)26-47(27-42)39(53)32-19-41(32,5)6)38(52)31-20-44-48(22-31)21-29-13-9-7-10-14-29/h7,9-10,13-14,20,22,28,30,32-33,35H,8,11-12,15-19,21,23-27H2,1-6H3,(H,43,51)(H,45,50)/t28-,32-,33+,35+/m1/s1. The molecule has 13 heteroatoms. The number of hydrogen-bond donors (Lipinski definition) is 2. The molecule has 2 N–H and O–H groups in total. The molecule has 3 heterocycles. The maximum Gasteiger partial charge on any atom is 0.308 e. The summed E-state index contributed by atoms with van der Waals surface area (Å²) in [5.74, 6) is -1.72. The van der Waals surface area contributed by atoms with Crippen molar-refractivity contribution in [2.75, 3.05) is 39.3 Å². The predicted octanol–water partition coefficient (Wildman–Crippen LogP) is 4.20. The third-order valence-electron chi connectivity index (χ3n) is 11.9. The van der Waals surface area contributed by atoms with E-state index in [0.717, 1.165) is 37.7 Å². The molecule has 2 aliphatic heterocycles. The van der Waals surface area contributed by atoms with E-state index in [9.17, 15) is 24.0 Å². The summed E-state index contributed by atoms with van der Waals surface area (Å²) in [7, 11) is 0. The smallest absolute Gasteiger partial charge is 0.308 e. The van der Waals surface area contributed by atoms with Gasteiger partial charge in [-0.3, -0.25) is 28.7 Å². The molecule has 300 valence electrons. The largest absolute Gasteiger partial charge is 0.460 e. The van der Waals surface area contributed by atoms with E-state index in [1.54, 1.807) is 49.7 Å². The molecular formula is C42H60N6O7. The number of carbonyl (C=O) groups excluding carboxylic acids is 5. The van der Waals surface area contributed by atoms with Crippen LogP contribution < -0.4 is 10.6 Å². The van der Waals surface area contributed by atoms with Crippen molar-refractivity contribution < 1.29 is 33.4 Å². The van der Waals surface area contributed by atoms with Crippen LogP contribution in [0.25, 0.3) is 0 Å². The van der Waals surface area contributed by atoms with Gasteiger partial charge in [0, 0.05) is 56.9 Å². The Hall–Kier alpha value is -4.26. The van der Waals surface area contributed by atoms with Gasteiger partial charge in [-0.2, -0.15) is 5.10 Å². The van der Waals surface area contributed by atoms with Gasteiger partial charge in [-0.15, -0.1) is 0 Å². The van der Waals surface area contributed by atoms with E-state index in [1.807, 2.05) is 35.2 Å². The summed E-state index contributed by atoms with van der Waals surface area (Å²) < 4.78 is 13.4. The van der Waals surface area contributed by atoms with E-state index < -0.39 is 41.0 Å². The maximum atomic E-state index is 14.5. The fourth-order valence-corrected chi connectivity index (χ4v) is 8.48. The molecule has 4 aliphatic rings. The highest BCUT2D eigenvalue weighted by molar-refractivity contribution is 5.96. The second kappa shape index (κ2) is 16.5. The van der Waals surface area contributed by atoms with Gasteiger partial charge in [0.15, 0.2) is 0 Å². The first-order valence-corrected chi connectivity index (χ1v) is 20.1. The first-order valence-electron chi connectivity index (χ1n) is 20.1. The number of esters is 1. The lowest BCUT2D eigenvalue weighted by Gasteiger charge is -2.50. The zero-order chi connectivity index (χ0) is 39.5. The monoisotopic (exact) mass is 760 g/mol. The second-order valence-corrected chi connectivity index (χ2v) is 18.1. The lowest BCUT2D eigenvalue weighted by molar-refractivity contribution is -0.154. The number of likely N-dealkylation sites (tertiary alicyclic amines) is 2. The van der Waals surface area contributed by atoms with Crippen molar-refractivity contribution in [2.45, 2.75) is 111 Å². The zero-order valence-electron chi connectivity index (χ0n) is 33.5. The minimum Gasteiger partial charge on any atom is -0.460 e. The Balaban J connectivity index is 1.17. The first-order chi connectivity index (χ1) is 26.0. The van der Waals surface area contributed by atoms with E-state index in [0.29, 0.717) is 44.3 Å². The number of nitrogens with one attached hydrogen (secondary N) is 2. The van der Waals surface area contributed by atoms with Crippen molar-refractivity contribution in [3.05, 3.63) is 53.9 Å². The van der Waals surface area contributed by atoms with Crippen LogP contribution in [-0.2, 0) is 35.2 Å². The molecule has 6 rings (SSSR count). The summed E-state index contributed by atoms with van der Waals surface area (Å²) in [5, 5.41) is 10.3. The minimum absolute atomic E-state index is 0.0204. The zero-order valence-corrected chi connectivity index (χ0v) is 33.5. The Morgan fingerprint density at radius 3 is 2.29 bits per heavy atom. The molecule has 0 bridgehead atoms. The fraction of sp³-hybridized carbons (Fsp3) is 0.667. The van der Waals surface area contributed by atoms with E-state index in [2.05, 4.69) is 29.6 Å². The van der Waals surface area contributed by atoms with Gasteiger partial charge in [0.25, 0.3) is 5.91 Å². The molecule has 1 aromatic carbocycles. The average Bonchev–Trinajstić information content (AvgIpc) is 3.42. The average molecular weight is 761 g/mol. The molecule has 4 fully saturated rings. The van der Waals surface area contributed by atoms with E-state index in [-0.39, 0.29) is 48.6 Å². The third-order valence-corrected chi connectivity index (χ3v) is 11.9. The lowest BCUT2D eigenvalue weighted by atomic mass is 9.70. The van der Waals surface area contributed by atoms with Gasteiger partial charge in [0.2, 0.25) is 17.7 Å². The molecule has 0 radical (unpaired) electrons. The Labute approximate surface area is 325 Å². The van der Waals surface area contributed by atoms with Gasteiger partial charge < -0.3 is 29.9 Å². The summed E-state index contributed by atoms with van der Waals surface area (Å²) in [6.07, 6.45) is 9.09. The second-order valence-electron chi connectivity index (χ2n) is 18.1. The van der Waals surface area contributed by atoms with Crippen molar-refractivity contribution in [3.63, 3.8) is 0 Å². The third kappa shape index (κ3) is 9.95. The molecule has 4 amide bonds. The van der Waals surface area contributed by atoms with Crippen LogP contribution in [0.15, 0.2) is 42.7 Å². The molecule has 2 aromatic rings. The van der Waals surface area contributed by atoms with Crippen LogP contribution >= 0.6 is 0 Å². The normalized spacial score (nSPS) is 22.7. The van der Waals surface area contributed by atoms with E-state index >= 15 is 0 Å². The molecule has 1 spiro atoms. The highest BCUT2D eigenvalue weighted by Gasteiger charge is 2.62. The summed E-state index contributed by atoms with van der Waals surface area (Å²) in [6, 6.07) is 8.82. The molecule has 0 unspecified atom stereocenters. The van der Waals surface area contributed by atoms with Crippen molar-refractivity contribution in [1.29, 1.82) is 0 Å². The lowest BCUT2D eigenvalue weighted by Crippen LogP contribution is -2.65. The van der Waals surface area contributed by atoms with Gasteiger partial charge in [0.05, 0.1) is 36.7 Å². The Morgan fingerprint density at radius 1 is 0.964 bits per heavy atom. The van der Waals surface area contributed by atoms with Crippen LogP contribution in [0.1, 0.15) is 102 Å². The van der Waals surface area contributed by atoms with Gasteiger partial charge >= 0.3 is 5.97 Å². The van der Waals surface area contributed by atoms with Crippen LogP contribution in [0.5, 0.6) is 0 Å². The molecule has 2 saturated heterocycles. The number of benzene rings is 1. The molecule has 2 aliphatic carbocycles. The van der Waals surface area contributed by atoms with Crippen molar-refractivity contribution in [2.24, 2.45) is 28.6 Å². The van der Waals surface area contributed by atoms with Crippen LogP contribution in [0, 0.1) is 28.6 Å². The van der Waals surface area contributed by atoms with E-state index in [1.165, 1.54) is 6.42 Å². The SMILES string of the molecule is C[C@@H](OCC1CCCCC1)[C@H](NC(=O)[C@@H]1CN(C(=O)c2cnn(Cc3ccccc3)c2)CC12CN(C(=O)[C@H]1CC1(C)C)C2)C(=O)NCCC(=O)OC(C)(C)C. The van der Waals surface area contributed by atoms with Crippen LogP contribution in [0.4, 0.5) is 0 Å². The Bertz CT molecular complexity index is 1710. The topological polar surface area (TPSA) is 152 Å². The van der Waals surface area contributed by atoms with Crippen molar-refractivity contribution >= 4 is 29.6 Å². The molecule has 55 heavy (non-hydrogen) atoms. The molecule has 13 nitrogen and oxygen atoms in total. The molecule has 1 aromatic heterocycles. The quantitative estimate of drug-likeness (QED) is 0.272. The Kier molecular flexibility index (Phi) is 12.1. The number of carbonyl (C=O) groups is 5. The van der Waals surface area contributed by atoms with E-state index in [4.69, 9.17) is 9.47 Å². The van der Waals surface area contributed by atoms with Crippen LogP contribution in [0.3, 0.4) is 0 Å². The van der Waals surface area contributed by atoms with Crippen LogP contribution in [-0.4, -0.2) is 106 Å². The van der Waals surface area contributed by atoms with Gasteiger partial charge in [-0.1, -0.05) is 63.4 Å². The van der Waals surface area contributed by atoms with Crippen molar-refractivity contribution in [3.8, 4) is 0 Å². The number of aromatic nitrogens is 2. The summed E-state index contributed by atoms with van der Waals surface area (Å²) >= 11 is 0. The minimum atomic E-state index is -1.04. The van der Waals surface area contributed by atoms with Gasteiger partial charge in [-0.25, -0.2) is 0 Å². The molecule has 4 atom stereocenters. The summed E-state index contributed by atoms with van der Waals surface area (Å²) in [6.45, 7) is 13.5. The summed E-state index contributed by atoms with van der Waals surface area (Å²) in [4.78, 5) is 71.6. The first kappa shape index (κ1) is 40.4. The summed E-state index contributed by atoms with van der Waals surface area (Å²) in [5.41, 5.74) is 0.126. The molecule has 2 saturated carbocycles. The number of amides is 4. The highest BCUT2D eigenvalue weighted by atomic mass is 16.6. The van der Waals surface area contributed by atoms with Gasteiger partial charge in [-0.05, 0) is 63.9 Å². The number of hydrogen-bond acceptors (Lipinski definition) is 8. The number of nitrogens with zero attached hydrogens (tertiary/aromatic N) is 4. The van der Waals surface area contributed by atoms with Crippen molar-refractivity contribution in [1.82, 2.24) is 30.2 Å². The Morgan fingerprint density at radius 2 is 1.64 bits per heavy atom. The predicted molar refractivity (Wildman–Crippen MR) is 205 cm³/mol.